The number of benzene rings is 3. The zero-order valence-electron chi connectivity index (χ0n) is 29.3. The molecule has 9 nitrogen and oxygen atoms in total. The fourth-order valence-electron chi connectivity index (χ4n) is 6.01. The number of carbonyl (C=O) groups is 1. The van der Waals surface area contributed by atoms with E-state index >= 15 is 0 Å². The van der Waals surface area contributed by atoms with Crippen LogP contribution in [0.5, 0.6) is 17.2 Å². The minimum absolute atomic E-state index is 0.0576. The second kappa shape index (κ2) is 19.0. The predicted octanol–water partition coefficient (Wildman–Crippen LogP) is 6.90. The maximum Gasteiger partial charge on any atom is 0.227 e. The van der Waals surface area contributed by atoms with Crippen molar-refractivity contribution in [2.24, 2.45) is 11.7 Å². The second-order valence-corrected chi connectivity index (χ2v) is 13.7. The van der Waals surface area contributed by atoms with Gasteiger partial charge in [0.15, 0.2) is 17.6 Å². The van der Waals surface area contributed by atoms with Crippen molar-refractivity contribution in [2.45, 2.75) is 58.0 Å². The molecule has 51 heavy (non-hydrogen) atoms. The van der Waals surface area contributed by atoms with Crippen molar-refractivity contribution in [1.82, 2.24) is 4.90 Å². The number of aryl methyl sites for hydroxylation is 2. The van der Waals surface area contributed by atoms with Crippen LogP contribution in [-0.2, 0) is 35.3 Å². The molecule has 0 spiro atoms. The molecule has 1 fully saturated rings. The van der Waals surface area contributed by atoms with Crippen molar-refractivity contribution in [3.63, 3.8) is 0 Å². The third-order valence-corrected chi connectivity index (χ3v) is 9.34. The Morgan fingerprint density at radius 3 is 2.27 bits per heavy atom. The first-order valence-electron chi connectivity index (χ1n) is 17.5. The summed E-state index contributed by atoms with van der Waals surface area (Å²) in [6.45, 7) is 4.25. The van der Waals surface area contributed by atoms with Crippen molar-refractivity contribution in [2.75, 3.05) is 40.1 Å². The van der Waals surface area contributed by atoms with Gasteiger partial charge in [0.2, 0.25) is 5.91 Å². The van der Waals surface area contributed by atoms with Crippen LogP contribution in [0.2, 0.25) is 10.0 Å². The summed E-state index contributed by atoms with van der Waals surface area (Å²) in [5.74, 6) is 1.56. The van der Waals surface area contributed by atoms with Gasteiger partial charge in [0.1, 0.15) is 24.7 Å². The van der Waals surface area contributed by atoms with Gasteiger partial charge in [-0.25, -0.2) is 0 Å². The Labute approximate surface area is 310 Å². The van der Waals surface area contributed by atoms with E-state index in [1.54, 1.807) is 31.4 Å². The highest BCUT2D eigenvalue weighted by Crippen LogP contribution is 2.34. The molecule has 5 rings (SSSR count). The van der Waals surface area contributed by atoms with Gasteiger partial charge in [-0.2, -0.15) is 4.73 Å². The average Bonchev–Trinajstić information content (AvgIpc) is 3.96. The molecule has 1 aliphatic carbocycles. The molecule has 1 saturated carbocycles. The summed E-state index contributed by atoms with van der Waals surface area (Å²) in [5.41, 5.74) is 11.0. The Morgan fingerprint density at radius 2 is 1.59 bits per heavy atom. The van der Waals surface area contributed by atoms with Crippen LogP contribution in [0, 0.1) is 18.0 Å². The minimum atomic E-state index is -0.361. The van der Waals surface area contributed by atoms with Gasteiger partial charge in [-0.15, -0.1) is 0 Å². The second-order valence-electron chi connectivity index (χ2n) is 12.9. The summed E-state index contributed by atoms with van der Waals surface area (Å²) in [6.07, 6.45) is 6.15. The number of carbonyl (C=O) groups excluding carboxylic acids is 1. The maximum absolute atomic E-state index is 14.0. The average molecular weight is 737 g/mol. The molecule has 1 aliphatic rings. The number of halogens is 2. The van der Waals surface area contributed by atoms with E-state index in [-0.39, 0.29) is 31.0 Å². The van der Waals surface area contributed by atoms with Gasteiger partial charge in [0.25, 0.3) is 0 Å². The van der Waals surface area contributed by atoms with Crippen molar-refractivity contribution < 1.29 is 28.5 Å². The lowest BCUT2D eigenvalue weighted by Crippen LogP contribution is -2.41. The van der Waals surface area contributed by atoms with E-state index in [4.69, 9.17) is 47.9 Å². The van der Waals surface area contributed by atoms with Crippen molar-refractivity contribution >= 4 is 29.1 Å². The number of aromatic nitrogens is 1. The molecule has 1 unspecified atom stereocenters. The van der Waals surface area contributed by atoms with Gasteiger partial charge in [0.05, 0.1) is 29.0 Å². The van der Waals surface area contributed by atoms with E-state index in [0.717, 1.165) is 58.4 Å². The molecule has 3 aromatic carbocycles. The fourth-order valence-corrected chi connectivity index (χ4v) is 6.71. The van der Waals surface area contributed by atoms with Crippen LogP contribution in [0.1, 0.15) is 47.2 Å². The normalized spacial score (nSPS) is 13.1. The van der Waals surface area contributed by atoms with E-state index < -0.39 is 0 Å². The molecule has 1 aromatic heterocycles. The third kappa shape index (κ3) is 11.5. The van der Waals surface area contributed by atoms with Crippen molar-refractivity contribution in [3.05, 3.63) is 122 Å². The number of hydrogen-bond donors (Lipinski definition) is 1. The van der Waals surface area contributed by atoms with Crippen molar-refractivity contribution in [3.8, 4) is 17.2 Å². The monoisotopic (exact) mass is 735 g/mol. The van der Waals surface area contributed by atoms with Crippen LogP contribution in [0.25, 0.3) is 0 Å². The van der Waals surface area contributed by atoms with E-state index in [1.807, 2.05) is 54.3 Å². The van der Waals surface area contributed by atoms with Gasteiger partial charge in [-0.05, 0) is 97.7 Å². The standard InChI is InChI=1S/C40H47Cl2N3O6/c1-28-20-37(41)39(38(42)21-28)51-19-18-50-35-12-8-29(9-13-35)23-32(26-43)40(46)44(33-10-11-33)27-31-22-30(6-5-16-48-2)24-36(25-31)49-17-14-34-7-3-4-15-45(34)47/h3-4,7-9,12-13,15,20-22,24-25,32-33H,5-6,10-11,14,16-19,23,26-27,43H2,1-2H3. The van der Waals surface area contributed by atoms with Gasteiger partial charge >= 0.3 is 0 Å². The summed E-state index contributed by atoms with van der Waals surface area (Å²) >= 11 is 12.5. The highest BCUT2D eigenvalue weighted by Gasteiger charge is 2.35. The van der Waals surface area contributed by atoms with Crippen LogP contribution < -0.4 is 24.7 Å². The first kappa shape index (κ1) is 38.2. The van der Waals surface area contributed by atoms with Gasteiger partial charge < -0.3 is 34.8 Å². The van der Waals surface area contributed by atoms with E-state index in [0.29, 0.717) is 66.4 Å². The molecule has 1 heterocycles. The first-order valence-corrected chi connectivity index (χ1v) is 18.2. The lowest BCUT2D eigenvalue weighted by molar-refractivity contribution is -0.614. The maximum atomic E-state index is 14.0. The summed E-state index contributed by atoms with van der Waals surface area (Å²) in [4.78, 5) is 16.0. The lowest BCUT2D eigenvalue weighted by Gasteiger charge is -2.27. The van der Waals surface area contributed by atoms with Crippen LogP contribution in [0.4, 0.5) is 0 Å². The summed E-state index contributed by atoms with van der Waals surface area (Å²) in [5, 5.41) is 13.0. The SMILES string of the molecule is COCCCc1cc(CN(C(=O)C(CN)Cc2ccc(OCCOc3c(Cl)cc(C)cc3Cl)cc2)C2CC2)cc(OCCc2cccc[n+]2[O-])c1. The van der Waals surface area contributed by atoms with Gasteiger partial charge in [-0.3, -0.25) is 4.79 Å². The molecule has 2 N–H and O–H groups in total. The Hall–Kier alpha value is -4.02. The van der Waals surface area contributed by atoms with Crippen molar-refractivity contribution in [1.29, 1.82) is 0 Å². The number of hydrogen-bond acceptors (Lipinski definition) is 7. The predicted molar refractivity (Wildman–Crippen MR) is 200 cm³/mol. The molecule has 0 aliphatic heterocycles. The minimum Gasteiger partial charge on any atom is -0.619 e. The third-order valence-electron chi connectivity index (χ3n) is 8.78. The molecule has 272 valence electrons. The summed E-state index contributed by atoms with van der Waals surface area (Å²) in [6, 6.07) is 23.1. The molecule has 1 atom stereocenters. The quantitative estimate of drug-likeness (QED) is 0.0597. The molecule has 0 saturated heterocycles. The zero-order chi connectivity index (χ0) is 36.2. The van der Waals surface area contributed by atoms with Crippen LogP contribution in [0.3, 0.4) is 0 Å². The smallest absolute Gasteiger partial charge is 0.227 e. The van der Waals surface area contributed by atoms with Crippen LogP contribution in [-0.4, -0.2) is 56.9 Å². The summed E-state index contributed by atoms with van der Waals surface area (Å²) in [7, 11) is 1.70. The van der Waals surface area contributed by atoms with E-state index in [1.165, 1.54) is 6.20 Å². The Bertz CT molecular complexity index is 1710. The number of rotatable bonds is 20. The number of nitrogens with zero attached hydrogens (tertiary/aromatic N) is 2. The number of nitrogens with two attached hydrogens (primary N) is 1. The fraction of sp³-hybridized carbons (Fsp3) is 0.400. The molecule has 1 amide bonds. The number of ether oxygens (including phenoxy) is 4. The Balaban J connectivity index is 1.19. The zero-order valence-corrected chi connectivity index (χ0v) is 30.8. The topological polar surface area (TPSA) is 110 Å². The van der Waals surface area contributed by atoms with E-state index in [9.17, 15) is 10.0 Å². The van der Waals surface area contributed by atoms with Crippen LogP contribution >= 0.6 is 23.2 Å². The molecule has 0 bridgehead atoms. The molecule has 4 aromatic rings. The van der Waals surface area contributed by atoms with E-state index in [2.05, 4.69) is 6.07 Å². The lowest BCUT2D eigenvalue weighted by atomic mass is 9.97. The number of methoxy groups -OCH3 is 1. The van der Waals surface area contributed by atoms with Crippen LogP contribution in [0.15, 0.2) is 79.0 Å². The summed E-state index contributed by atoms with van der Waals surface area (Å²) < 4.78 is 23.9. The molecule has 0 radical (unpaired) electrons. The first-order chi connectivity index (χ1) is 24.7. The number of amides is 1. The number of pyridine rings is 1. The largest absolute Gasteiger partial charge is 0.619 e. The Morgan fingerprint density at radius 1 is 0.882 bits per heavy atom. The molecular formula is C40H47Cl2N3O6. The molecular weight excluding hydrogens is 689 g/mol. The van der Waals surface area contributed by atoms with Gasteiger partial charge in [-0.1, -0.05) is 47.5 Å². The van der Waals surface area contributed by atoms with Gasteiger partial charge in [0, 0.05) is 45.0 Å². The Kier molecular flexibility index (Phi) is 14.2. The highest BCUT2D eigenvalue weighted by atomic mass is 35.5. The highest BCUT2D eigenvalue weighted by molar-refractivity contribution is 6.37. The molecule has 11 heteroatoms.